The lowest BCUT2D eigenvalue weighted by Crippen LogP contribution is -2.30. The van der Waals surface area contributed by atoms with Crippen LogP contribution in [0.1, 0.15) is 12.8 Å². The molecule has 0 saturated carbocycles. The lowest BCUT2D eigenvalue weighted by atomic mass is 10.2. The average molecular weight is 215 g/mol. The van der Waals surface area contributed by atoms with Crippen LogP contribution in [-0.4, -0.2) is 29.4 Å². The highest BCUT2D eigenvalue weighted by molar-refractivity contribution is 6.07. The third-order valence-electron chi connectivity index (χ3n) is 3.05. The van der Waals surface area contributed by atoms with Crippen molar-refractivity contribution in [2.75, 3.05) is 6.54 Å². The number of nitrogens with one attached hydrogen (secondary N) is 1. The van der Waals surface area contributed by atoms with E-state index in [1.807, 2.05) is 30.3 Å². The molecule has 1 aromatic carbocycles. The lowest BCUT2D eigenvalue weighted by molar-refractivity contribution is -0.120. The number of carbonyl (C=O) groups is 1. The van der Waals surface area contributed by atoms with Crippen molar-refractivity contribution in [3.05, 3.63) is 30.3 Å². The number of hydrogen-bond acceptors (Lipinski definition) is 2. The summed E-state index contributed by atoms with van der Waals surface area (Å²) in [5.41, 5.74) is 0.880. The summed E-state index contributed by atoms with van der Waals surface area (Å²) in [5.74, 6) is 0.797. The molecule has 0 unspecified atom stereocenters. The summed E-state index contributed by atoms with van der Waals surface area (Å²) in [6.45, 7) is 0.926. The van der Waals surface area contributed by atoms with E-state index in [0.29, 0.717) is 5.96 Å². The van der Waals surface area contributed by atoms with E-state index in [0.717, 1.165) is 25.1 Å². The van der Waals surface area contributed by atoms with Gasteiger partial charge in [-0.3, -0.25) is 10.1 Å². The second-order valence-electron chi connectivity index (χ2n) is 4.11. The molecule has 1 amide bonds. The largest absolute Gasteiger partial charge is 0.330 e. The van der Waals surface area contributed by atoms with E-state index in [9.17, 15) is 4.79 Å². The van der Waals surface area contributed by atoms with Crippen LogP contribution in [0.4, 0.5) is 5.69 Å². The zero-order chi connectivity index (χ0) is 11.0. The van der Waals surface area contributed by atoms with Crippen molar-refractivity contribution >= 4 is 17.6 Å². The molecule has 2 fully saturated rings. The summed E-state index contributed by atoms with van der Waals surface area (Å²) < 4.78 is 0. The normalized spacial score (nSPS) is 26.0. The molecule has 2 aliphatic heterocycles. The van der Waals surface area contributed by atoms with E-state index in [4.69, 9.17) is 0 Å². The van der Waals surface area contributed by atoms with Crippen LogP contribution < -0.4 is 5.32 Å². The van der Waals surface area contributed by atoms with E-state index in [2.05, 4.69) is 15.2 Å². The van der Waals surface area contributed by atoms with Gasteiger partial charge in [0.2, 0.25) is 11.9 Å². The van der Waals surface area contributed by atoms with Gasteiger partial charge in [-0.25, -0.2) is 4.99 Å². The molecule has 0 bridgehead atoms. The fourth-order valence-electron chi connectivity index (χ4n) is 2.28. The van der Waals surface area contributed by atoms with Crippen molar-refractivity contribution < 1.29 is 4.79 Å². The summed E-state index contributed by atoms with van der Waals surface area (Å²) in [6, 6.07) is 9.72. The number of guanidine groups is 1. The predicted octanol–water partition coefficient (Wildman–Crippen LogP) is 1.27. The highest BCUT2D eigenvalue weighted by Crippen LogP contribution is 2.23. The van der Waals surface area contributed by atoms with Crippen LogP contribution in [0.15, 0.2) is 35.3 Å². The number of amides is 1. The van der Waals surface area contributed by atoms with Crippen molar-refractivity contribution in [1.29, 1.82) is 0 Å². The number of rotatable bonds is 1. The first-order valence-electron chi connectivity index (χ1n) is 5.56. The Morgan fingerprint density at radius 2 is 2.12 bits per heavy atom. The number of nitrogens with zero attached hydrogens (tertiary/aromatic N) is 2. The topological polar surface area (TPSA) is 44.7 Å². The van der Waals surface area contributed by atoms with Gasteiger partial charge >= 0.3 is 0 Å². The Bertz CT molecular complexity index is 441. The van der Waals surface area contributed by atoms with Gasteiger partial charge in [-0.2, -0.15) is 0 Å². The summed E-state index contributed by atoms with van der Waals surface area (Å²) in [5, 5.41) is 2.84. The molecule has 82 valence electrons. The number of carbonyl (C=O) groups excluding carboxylic acids is 1. The minimum atomic E-state index is 0.0162. The first kappa shape index (κ1) is 9.39. The second kappa shape index (κ2) is 3.63. The fraction of sp³-hybridized carbons (Fsp3) is 0.333. The highest BCUT2D eigenvalue weighted by Gasteiger charge is 2.39. The van der Waals surface area contributed by atoms with Crippen molar-refractivity contribution in [3.63, 3.8) is 0 Å². The van der Waals surface area contributed by atoms with Crippen LogP contribution in [0.2, 0.25) is 0 Å². The van der Waals surface area contributed by atoms with Crippen molar-refractivity contribution in [2.45, 2.75) is 18.9 Å². The minimum absolute atomic E-state index is 0.0162. The second-order valence-corrected chi connectivity index (χ2v) is 4.11. The first-order valence-corrected chi connectivity index (χ1v) is 5.56. The van der Waals surface area contributed by atoms with E-state index < -0.39 is 0 Å². The van der Waals surface area contributed by atoms with Crippen LogP contribution in [0.25, 0.3) is 0 Å². The van der Waals surface area contributed by atoms with Gasteiger partial charge in [-0.1, -0.05) is 18.2 Å². The molecule has 2 saturated heterocycles. The van der Waals surface area contributed by atoms with Crippen molar-refractivity contribution in [2.24, 2.45) is 4.99 Å². The van der Waals surface area contributed by atoms with Crippen molar-refractivity contribution in [1.82, 2.24) is 10.2 Å². The summed E-state index contributed by atoms with van der Waals surface area (Å²) in [7, 11) is 0. The quantitative estimate of drug-likeness (QED) is 0.766. The number of aliphatic imine (C=N–C) groups is 1. The van der Waals surface area contributed by atoms with E-state index in [1.165, 1.54) is 0 Å². The van der Waals surface area contributed by atoms with Gasteiger partial charge in [0.05, 0.1) is 5.69 Å². The number of fused-ring (bicyclic) bond motifs is 1. The van der Waals surface area contributed by atoms with E-state index in [1.54, 1.807) is 0 Å². The van der Waals surface area contributed by atoms with Crippen LogP contribution >= 0.6 is 0 Å². The molecular formula is C12H13N3O. The molecule has 1 N–H and O–H groups in total. The zero-order valence-corrected chi connectivity index (χ0v) is 8.89. The van der Waals surface area contributed by atoms with Gasteiger partial charge in [0.1, 0.15) is 6.04 Å². The lowest BCUT2D eigenvalue weighted by Gasteiger charge is -2.14. The van der Waals surface area contributed by atoms with Gasteiger partial charge in [0.15, 0.2) is 0 Å². The molecule has 3 rings (SSSR count). The Balaban J connectivity index is 1.91. The SMILES string of the molecule is O=C1NC(=Nc2ccccc2)N2CCC[C@@H]12. The maximum absolute atomic E-state index is 11.6. The van der Waals surface area contributed by atoms with Gasteiger partial charge < -0.3 is 4.90 Å². The van der Waals surface area contributed by atoms with E-state index in [-0.39, 0.29) is 11.9 Å². The zero-order valence-electron chi connectivity index (χ0n) is 8.89. The average Bonchev–Trinajstić information content (AvgIpc) is 2.87. The fourth-order valence-corrected chi connectivity index (χ4v) is 2.28. The van der Waals surface area contributed by atoms with Crippen molar-refractivity contribution in [3.8, 4) is 0 Å². The maximum Gasteiger partial charge on any atom is 0.249 e. The van der Waals surface area contributed by atoms with Crippen LogP contribution in [0, 0.1) is 0 Å². The maximum atomic E-state index is 11.6. The summed E-state index contributed by atoms with van der Waals surface area (Å²) in [6.07, 6.45) is 2.02. The molecule has 0 spiro atoms. The summed E-state index contributed by atoms with van der Waals surface area (Å²) >= 11 is 0. The van der Waals surface area contributed by atoms with Crippen LogP contribution in [0.3, 0.4) is 0 Å². The molecule has 1 aromatic rings. The molecule has 0 radical (unpaired) electrons. The third-order valence-corrected chi connectivity index (χ3v) is 3.05. The Morgan fingerprint density at radius 1 is 1.31 bits per heavy atom. The highest BCUT2D eigenvalue weighted by atomic mass is 16.2. The standard InChI is InChI=1S/C12H13N3O/c16-11-10-7-4-8-15(10)12(14-11)13-9-5-2-1-3-6-9/h1-3,5-6,10H,4,7-8H2,(H,13,14,16)/t10-/m0/s1. The monoisotopic (exact) mass is 215 g/mol. The summed E-state index contributed by atoms with van der Waals surface area (Å²) in [4.78, 5) is 18.1. The molecule has 1 atom stereocenters. The predicted molar refractivity (Wildman–Crippen MR) is 61.4 cm³/mol. The molecule has 0 aromatic heterocycles. The molecule has 16 heavy (non-hydrogen) atoms. The molecule has 2 aliphatic rings. The molecule has 0 aliphatic carbocycles. The van der Waals surface area contributed by atoms with Gasteiger partial charge in [-0.15, -0.1) is 0 Å². The van der Waals surface area contributed by atoms with Gasteiger partial charge in [-0.05, 0) is 25.0 Å². The molecular weight excluding hydrogens is 202 g/mol. The van der Waals surface area contributed by atoms with Gasteiger partial charge in [0, 0.05) is 6.54 Å². The number of benzene rings is 1. The van der Waals surface area contributed by atoms with Crippen LogP contribution in [-0.2, 0) is 4.79 Å². The van der Waals surface area contributed by atoms with E-state index >= 15 is 0 Å². The Kier molecular flexibility index (Phi) is 2.13. The smallest absolute Gasteiger partial charge is 0.249 e. The minimum Gasteiger partial charge on any atom is -0.330 e. The Labute approximate surface area is 94.0 Å². The molecule has 4 heteroatoms. The third kappa shape index (κ3) is 1.46. The van der Waals surface area contributed by atoms with Gasteiger partial charge in [0.25, 0.3) is 0 Å². The number of hydrogen-bond donors (Lipinski definition) is 1. The number of para-hydroxylation sites is 1. The molecule has 4 nitrogen and oxygen atoms in total. The first-order chi connectivity index (χ1) is 7.84. The van der Waals surface area contributed by atoms with Crippen LogP contribution in [0.5, 0.6) is 0 Å². The molecule has 2 heterocycles. The Hall–Kier alpha value is -1.84. The Morgan fingerprint density at radius 3 is 2.94 bits per heavy atom.